The molecule has 1 fully saturated rings. The lowest BCUT2D eigenvalue weighted by Crippen LogP contribution is -2.29. The first-order valence-electron chi connectivity index (χ1n) is 7.95. The van der Waals surface area contributed by atoms with Crippen molar-refractivity contribution in [2.75, 3.05) is 6.54 Å². The molecule has 0 spiro atoms. The van der Waals surface area contributed by atoms with E-state index in [0.29, 0.717) is 17.9 Å². The molecule has 1 aliphatic rings. The van der Waals surface area contributed by atoms with Gasteiger partial charge in [0, 0.05) is 23.3 Å². The average molecular weight is 275 g/mol. The van der Waals surface area contributed by atoms with Gasteiger partial charge in [-0.05, 0) is 50.6 Å². The Morgan fingerprint density at radius 3 is 2.15 bits per heavy atom. The van der Waals surface area contributed by atoms with Crippen LogP contribution in [0, 0.1) is 25.7 Å². The number of nitrogens with zero attached hydrogens (tertiary/aromatic N) is 2. The van der Waals surface area contributed by atoms with Gasteiger partial charge in [-0.25, -0.2) is 9.97 Å². The molecule has 0 radical (unpaired) electrons. The van der Waals surface area contributed by atoms with Gasteiger partial charge in [-0.2, -0.15) is 0 Å². The summed E-state index contributed by atoms with van der Waals surface area (Å²) in [4.78, 5) is 9.53. The minimum absolute atomic E-state index is 0.551. The fourth-order valence-electron chi connectivity index (χ4n) is 2.77. The fourth-order valence-corrected chi connectivity index (χ4v) is 2.77. The van der Waals surface area contributed by atoms with Crippen LogP contribution in [-0.4, -0.2) is 22.6 Å². The predicted octanol–water partition coefficient (Wildman–Crippen LogP) is 3.39. The summed E-state index contributed by atoms with van der Waals surface area (Å²) in [6.07, 6.45) is 2.32. The Morgan fingerprint density at radius 2 is 1.70 bits per heavy atom. The van der Waals surface area contributed by atoms with Gasteiger partial charge < -0.3 is 5.32 Å². The van der Waals surface area contributed by atoms with Gasteiger partial charge in [0.15, 0.2) is 0 Å². The molecule has 1 aromatic heterocycles. The molecular formula is C17H29N3. The van der Waals surface area contributed by atoms with Crippen LogP contribution in [0.15, 0.2) is 0 Å². The lowest BCUT2D eigenvalue weighted by Gasteiger charge is -2.17. The zero-order chi connectivity index (χ0) is 14.9. The number of hydrogen-bond donors (Lipinski definition) is 1. The second-order valence-electron chi connectivity index (χ2n) is 6.92. The van der Waals surface area contributed by atoms with Crippen molar-refractivity contribution in [1.82, 2.24) is 15.3 Å². The second-order valence-corrected chi connectivity index (χ2v) is 6.92. The van der Waals surface area contributed by atoms with Crippen LogP contribution in [0.1, 0.15) is 62.8 Å². The molecule has 3 unspecified atom stereocenters. The summed E-state index contributed by atoms with van der Waals surface area (Å²) in [7, 11) is 0. The number of hydrogen-bond acceptors (Lipinski definition) is 3. The molecule has 3 heteroatoms. The molecule has 0 aromatic carbocycles. The number of nitrogens with one attached hydrogen (secondary N) is 1. The van der Waals surface area contributed by atoms with Crippen molar-refractivity contribution >= 4 is 0 Å². The molecule has 112 valence electrons. The average Bonchev–Trinajstić information content (AvgIpc) is 3.08. The SMILES string of the molecule is Cc1nc(C2CC2C)nc(C)c1CC(C)CNC(C)C. The highest BCUT2D eigenvalue weighted by Gasteiger charge is 2.37. The van der Waals surface area contributed by atoms with Crippen molar-refractivity contribution in [2.24, 2.45) is 11.8 Å². The summed E-state index contributed by atoms with van der Waals surface area (Å²) < 4.78 is 0. The van der Waals surface area contributed by atoms with E-state index in [1.165, 1.54) is 23.4 Å². The van der Waals surface area contributed by atoms with Gasteiger partial charge in [0.25, 0.3) is 0 Å². The molecule has 2 rings (SSSR count). The smallest absolute Gasteiger partial charge is 0.132 e. The van der Waals surface area contributed by atoms with E-state index < -0.39 is 0 Å². The van der Waals surface area contributed by atoms with E-state index >= 15 is 0 Å². The van der Waals surface area contributed by atoms with Crippen LogP contribution in [0.4, 0.5) is 0 Å². The second kappa shape index (κ2) is 6.21. The standard InChI is InChI=1S/C17H29N3/c1-10(2)18-9-11(3)7-16-13(5)19-17(20-14(16)6)15-8-12(15)4/h10-12,15,18H,7-9H2,1-6H3. The molecule has 0 saturated heterocycles. The normalized spacial score (nSPS) is 23.1. The van der Waals surface area contributed by atoms with E-state index in [1.54, 1.807) is 0 Å². The Morgan fingerprint density at radius 1 is 1.15 bits per heavy atom. The monoisotopic (exact) mass is 275 g/mol. The van der Waals surface area contributed by atoms with Crippen LogP contribution in [-0.2, 0) is 6.42 Å². The van der Waals surface area contributed by atoms with Crippen LogP contribution >= 0.6 is 0 Å². The van der Waals surface area contributed by atoms with E-state index in [9.17, 15) is 0 Å². The van der Waals surface area contributed by atoms with Crippen molar-refractivity contribution in [2.45, 2.75) is 66.3 Å². The Labute approximate surface area is 123 Å². The molecule has 0 amide bonds. The van der Waals surface area contributed by atoms with Gasteiger partial charge in [-0.1, -0.05) is 27.7 Å². The van der Waals surface area contributed by atoms with Gasteiger partial charge in [0.1, 0.15) is 5.82 Å². The van der Waals surface area contributed by atoms with E-state index in [2.05, 4.69) is 46.9 Å². The van der Waals surface area contributed by atoms with Gasteiger partial charge in [-0.3, -0.25) is 0 Å². The molecule has 3 atom stereocenters. The van der Waals surface area contributed by atoms with Crippen molar-refractivity contribution in [3.63, 3.8) is 0 Å². The molecule has 3 nitrogen and oxygen atoms in total. The highest BCUT2D eigenvalue weighted by atomic mass is 14.9. The van der Waals surface area contributed by atoms with Crippen LogP contribution < -0.4 is 5.32 Å². The highest BCUT2D eigenvalue weighted by molar-refractivity contribution is 5.27. The Bertz CT molecular complexity index is 444. The molecule has 1 N–H and O–H groups in total. The van der Waals surface area contributed by atoms with Crippen LogP contribution in [0.25, 0.3) is 0 Å². The Kier molecular flexibility index (Phi) is 4.79. The Balaban J connectivity index is 2.04. The zero-order valence-corrected chi connectivity index (χ0v) is 13.8. The quantitative estimate of drug-likeness (QED) is 0.864. The number of aromatic nitrogens is 2. The molecule has 0 aliphatic heterocycles. The summed E-state index contributed by atoms with van der Waals surface area (Å²) in [6.45, 7) is 14.3. The number of rotatable bonds is 6. The maximum Gasteiger partial charge on any atom is 0.132 e. The fraction of sp³-hybridized carbons (Fsp3) is 0.765. The van der Waals surface area contributed by atoms with Crippen LogP contribution in [0.2, 0.25) is 0 Å². The molecule has 1 aromatic rings. The highest BCUT2D eigenvalue weighted by Crippen LogP contribution is 2.45. The maximum absolute atomic E-state index is 4.76. The van der Waals surface area contributed by atoms with E-state index in [4.69, 9.17) is 9.97 Å². The first-order chi connectivity index (χ1) is 9.38. The molecular weight excluding hydrogens is 246 g/mol. The van der Waals surface area contributed by atoms with E-state index in [-0.39, 0.29) is 0 Å². The summed E-state index contributed by atoms with van der Waals surface area (Å²) in [6, 6.07) is 0.551. The summed E-state index contributed by atoms with van der Waals surface area (Å²) in [5, 5.41) is 3.51. The Hall–Kier alpha value is -0.960. The van der Waals surface area contributed by atoms with Gasteiger partial charge in [-0.15, -0.1) is 0 Å². The summed E-state index contributed by atoms with van der Waals surface area (Å²) in [5.74, 6) is 3.07. The van der Waals surface area contributed by atoms with Crippen LogP contribution in [0.3, 0.4) is 0 Å². The molecule has 1 heterocycles. The molecule has 0 bridgehead atoms. The van der Waals surface area contributed by atoms with Crippen LogP contribution in [0.5, 0.6) is 0 Å². The van der Waals surface area contributed by atoms with Gasteiger partial charge >= 0.3 is 0 Å². The molecule has 1 saturated carbocycles. The van der Waals surface area contributed by atoms with Crippen molar-refractivity contribution < 1.29 is 0 Å². The molecule has 20 heavy (non-hydrogen) atoms. The minimum Gasteiger partial charge on any atom is -0.314 e. The minimum atomic E-state index is 0.551. The molecule has 1 aliphatic carbocycles. The largest absolute Gasteiger partial charge is 0.314 e. The summed E-state index contributed by atoms with van der Waals surface area (Å²) in [5.41, 5.74) is 3.71. The topological polar surface area (TPSA) is 37.8 Å². The van der Waals surface area contributed by atoms with Gasteiger partial charge in [0.2, 0.25) is 0 Å². The maximum atomic E-state index is 4.76. The van der Waals surface area contributed by atoms with Gasteiger partial charge in [0.05, 0.1) is 0 Å². The van der Waals surface area contributed by atoms with Crippen molar-refractivity contribution in [3.05, 3.63) is 22.8 Å². The third kappa shape index (κ3) is 3.78. The lowest BCUT2D eigenvalue weighted by molar-refractivity contribution is 0.473. The first-order valence-corrected chi connectivity index (χ1v) is 7.95. The van der Waals surface area contributed by atoms with Crippen molar-refractivity contribution in [3.8, 4) is 0 Å². The predicted molar refractivity (Wildman–Crippen MR) is 84.0 cm³/mol. The lowest BCUT2D eigenvalue weighted by atomic mass is 9.98. The third-order valence-electron chi connectivity index (χ3n) is 4.31. The summed E-state index contributed by atoms with van der Waals surface area (Å²) >= 11 is 0. The van der Waals surface area contributed by atoms with E-state index in [1.807, 2.05) is 0 Å². The number of aryl methyl sites for hydroxylation is 2. The van der Waals surface area contributed by atoms with Crippen molar-refractivity contribution in [1.29, 1.82) is 0 Å². The van der Waals surface area contributed by atoms with E-state index in [0.717, 1.165) is 24.7 Å². The first kappa shape index (κ1) is 15.4. The zero-order valence-electron chi connectivity index (χ0n) is 13.8. The third-order valence-corrected chi connectivity index (χ3v) is 4.31.